The van der Waals surface area contributed by atoms with Crippen molar-refractivity contribution >= 4 is 15.9 Å². The van der Waals surface area contributed by atoms with Crippen molar-refractivity contribution in [3.05, 3.63) is 30.1 Å². The van der Waals surface area contributed by atoms with Crippen LogP contribution in [0.15, 0.2) is 24.5 Å². The molecule has 2 rings (SSSR count). The summed E-state index contributed by atoms with van der Waals surface area (Å²) in [5.41, 5.74) is 0.934. The average Bonchev–Trinajstić information content (AvgIpc) is 2.59. The molecule has 1 aliphatic rings. The molecule has 0 spiro atoms. The van der Waals surface area contributed by atoms with E-state index in [0.717, 1.165) is 24.8 Å². The number of sulfonamides is 1. The zero-order valence-corrected chi connectivity index (χ0v) is 14.4. The van der Waals surface area contributed by atoms with Crippen molar-refractivity contribution in [3.63, 3.8) is 0 Å². The number of rotatable bonds is 7. The van der Waals surface area contributed by atoms with Crippen molar-refractivity contribution < 1.29 is 13.2 Å². The van der Waals surface area contributed by atoms with E-state index < -0.39 is 10.0 Å². The van der Waals surface area contributed by atoms with Gasteiger partial charge in [-0.2, -0.15) is 0 Å². The van der Waals surface area contributed by atoms with E-state index in [1.165, 1.54) is 4.31 Å². The van der Waals surface area contributed by atoms with Crippen LogP contribution in [0, 0.1) is 5.92 Å². The second kappa shape index (κ2) is 8.40. The second-order valence-corrected chi connectivity index (χ2v) is 8.03. The number of pyridine rings is 1. The summed E-state index contributed by atoms with van der Waals surface area (Å²) in [5, 5.41) is 2.88. The van der Waals surface area contributed by atoms with Gasteiger partial charge in [0.05, 0.1) is 11.7 Å². The Morgan fingerprint density at radius 1 is 1.48 bits per heavy atom. The molecule has 0 aliphatic carbocycles. The minimum atomic E-state index is -3.24. The minimum absolute atomic E-state index is 0.0794. The maximum absolute atomic E-state index is 12.3. The lowest BCUT2D eigenvalue weighted by Crippen LogP contribution is -2.46. The van der Waals surface area contributed by atoms with Gasteiger partial charge >= 0.3 is 0 Å². The number of nitrogens with one attached hydrogen (secondary N) is 1. The van der Waals surface area contributed by atoms with Crippen LogP contribution < -0.4 is 5.32 Å². The zero-order chi connectivity index (χ0) is 16.7. The molecular weight excluding hydrogens is 314 g/mol. The zero-order valence-electron chi connectivity index (χ0n) is 13.6. The fourth-order valence-corrected chi connectivity index (χ4v) is 4.43. The number of aromatic nitrogens is 1. The standard InChI is InChI=1S/C16H25N3O3S/c1-2-3-10-23(21,22)19-9-5-7-15(13-19)16(20)18-12-14-6-4-8-17-11-14/h4,6,8,11,15H,2-3,5,7,9-10,12-13H2,1H3,(H,18,20)/t15-/m1/s1. The van der Waals surface area contributed by atoms with E-state index in [0.29, 0.717) is 26.1 Å². The molecule has 0 aromatic carbocycles. The van der Waals surface area contributed by atoms with Gasteiger partial charge in [0, 0.05) is 32.0 Å². The number of hydrogen-bond acceptors (Lipinski definition) is 4. The van der Waals surface area contributed by atoms with E-state index in [1.54, 1.807) is 12.4 Å². The first-order chi connectivity index (χ1) is 11.0. The normalized spacial score (nSPS) is 19.4. The van der Waals surface area contributed by atoms with Crippen molar-refractivity contribution in [1.82, 2.24) is 14.6 Å². The molecule has 1 aromatic heterocycles. The molecule has 23 heavy (non-hydrogen) atoms. The number of carbonyl (C=O) groups is 1. The minimum Gasteiger partial charge on any atom is -0.352 e. The van der Waals surface area contributed by atoms with Gasteiger partial charge in [-0.3, -0.25) is 9.78 Å². The summed E-state index contributed by atoms with van der Waals surface area (Å²) in [7, 11) is -3.24. The predicted octanol–water partition coefficient (Wildman–Crippen LogP) is 1.54. The molecule has 1 atom stereocenters. The van der Waals surface area contributed by atoms with Crippen LogP contribution >= 0.6 is 0 Å². The Balaban J connectivity index is 1.88. The van der Waals surface area contributed by atoms with E-state index >= 15 is 0 Å². The number of unbranched alkanes of at least 4 members (excludes halogenated alkanes) is 1. The third-order valence-electron chi connectivity index (χ3n) is 4.09. The van der Waals surface area contributed by atoms with Gasteiger partial charge < -0.3 is 5.32 Å². The Kier molecular flexibility index (Phi) is 6.53. The van der Waals surface area contributed by atoms with E-state index in [4.69, 9.17) is 0 Å². The molecule has 1 N–H and O–H groups in total. The van der Waals surface area contributed by atoms with Gasteiger partial charge in [-0.05, 0) is 30.9 Å². The molecule has 7 heteroatoms. The van der Waals surface area contributed by atoms with Gasteiger partial charge in [0.25, 0.3) is 0 Å². The van der Waals surface area contributed by atoms with Crippen LogP contribution in [0.3, 0.4) is 0 Å². The number of piperidine rings is 1. The third kappa shape index (κ3) is 5.28. The fraction of sp³-hybridized carbons (Fsp3) is 0.625. The molecular formula is C16H25N3O3S. The largest absolute Gasteiger partial charge is 0.352 e. The summed E-state index contributed by atoms with van der Waals surface area (Å²) in [6.07, 6.45) is 6.38. The van der Waals surface area contributed by atoms with E-state index in [9.17, 15) is 13.2 Å². The van der Waals surface area contributed by atoms with E-state index in [2.05, 4.69) is 10.3 Å². The quantitative estimate of drug-likeness (QED) is 0.817. The summed E-state index contributed by atoms with van der Waals surface area (Å²) < 4.78 is 26.0. The lowest BCUT2D eigenvalue weighted by atomic mass is 9.99. The van der Waals surface area contributed by atoms with Crippen molar-refractivity contribution in [2.24, 2.45) is 5.92 Å². The Labute approximate surface area is 138 Å². The van der Waals surface area contributed by atoms with Crippen LogP contribution in [0.1, 0.15) is 38.2 Å². The van der Waals surface area contributed by atoms with Crippen molar-refractivity contribution in [1.29, 1.82) is 0 Å². The average molecular weight is 339 g/mol. The smallest absolute Gasteiger partial charge is 0.224 e. The van der Waals surface area contributed by atoms with E-state index in [1.807, 2.05) is 19.1 Å². The summed E-state index contributed by atoms with van der Waals surface area (Å²) in [5.74, 6) is -0.172. The summed E-state index contributed by atoms with van der Waals surface area (Å²) in [4.78, 5) is 16.3. The van der Waals surface area contributed by atoms with Crippen LogP contribution in [0.4, 0.5) is 0 Å². The molecule has 6 nitrogen and oxygen atoms in total. The van der Waals surface area contributed by atoms with E-state index in [-0.39, 0.29) is 17.6 Å². The number of carbonyl (C=O) groups excluding carboxylic acids is 1. The molecule has 0 saturated carbocycles. The van der Waals surface area contributed by atoms with Gasteiger partial charge in [-0.1, -0.05) is 19.4 Å². The Morgan fingerprint density at radius 3 is 3.00 bits per heavy atom. The SMILES string of the molecule is CCCCS(=O)(=O)N1CCC[C@@H](C(=O)NCc2cccnc2)C1. The topological polar surface area (TPSA) is 79.4 Å². The summed E-state index contributed by atoms with van der Waals surface area (Å²) in [6, 6.07) is 3.72. The maximum Gasteiger partial charge on any atom is 0.224 e. The highest BCUT2D eigenvalue weighted by molar-refractivity contribution is 7.89. The first-order valence-corrected chi connectivity index (χ1v) is 9.78. The van der Waals surface area contributed by atoms with Gasteiger partial charge in [-0.25, -0.2) is 12.7 Å². The summed E-state index contributed by atoms with van der Waals surface area (Å²) >= 11 is 0. The van der Waals surface area contributed by atoms with Gasteiger partial charge in [0.2, 0.25) is 15.9 Å². The van der Waals surface area contributed by atoms with Crippen LogP contribution in [0.5, 0.6) is 0 Å². The molecule has 0 bridgehead atoms. The number of nitrogens with zero attached hydrogens (tertiary/aromatic N) is 2. The van der Waals surface area contributed by atoms with Crippen molar-refractivity contribution in [2.45, 2.75) is 39.2 Å². The van der Waals surface area contributed by atoms with Gasteiger partial charge in [0.15, 0.2) is 0 Å². The Bertz CT molecular complexity index is 604. The monoisotopic (exact) mass is 339 g/mol. The van der Waals surface area contributed by atoms with Crippen LogP contribution in [-0.2, 0) is 21.4 Å². The molecule has 2 heterocycles. The highest BCUT2D eigenvalue weighted by Gasteiger charge is 2.31. The molecule has 0 radical (unpaired) electrons. The predicted molar refractivity (Wildman–Crippen MR) is 89.1 cm³/mol. The molecule has 1 aliphatic heterocycles. The second-order valence-electron chi connectivity index (χ2n) is 5.95. The number of hydrogen-bond donors (Lipinski definition) is 1. The fourth-order valence-electron chi connectivity index (χ4n) is 2.70. The van der Waals surface area contributed by atoms with Crippen LogP contribution in [0.25, 0.3) is 0 Å². The Hall–Kier alpha value is -1.47. The first kappa shape index (κ1) is 17.9. The van der Waals surface area contributed by atoms with Gasteiger partial charge in [0.1, 0.15) is 0 Å². The van der Waals surface area contributed by atoms with Crippen molar-refractivity contribution in [3.8, 4) is 0 Å². The first-order valence-electron chi connectivity index (χ1n) is 8.17. The molecule has 1 saturated heterocycles. The molecule has 1 fully saturated rings. The van der Waals surface area contributed by atoms with Crippen molar-refractivity contribution in [2.75, 3.05) is 18.8 Å². The Morgan fingerprint density at radius 2 is 2.30 bits per heavy atom. The highest BCUT2D eigenvalue weighted by Crippen LogP contribution is 2.20. The lowest BCUT2D eigenvalue weighted by molar-refractivity contribution is -0.126. The third-order valence-corrected chi connectivity index (χ3v) is 6.02. The van der Waals surface area contributed by atoms with Gasteiger partial charge in [-0.15, -0.1) is 0 Å². The number of amides is 1. The molecule has 1 aromatic rings. The lowest BCUT2D eigenvalue weighted by Gasteiger charge is -2.31. The molecule has 1 amide bonds. The van der Waals surface area contributed by atoms with Crippen LogP contribution in [0.2, 0.25) is 0 Å². The maximum atomic E-state index is 12.3. The molecule has 128 valence electrons. The highest BCUT2D eigenvalue weighted by atomic mass is 32.2. The van der Waals surface area contributed by atoms with Crippen LogP contribution in [-0.4, -0.2) is 42.5 Å². The summed E-state index contributed by atoms with van der Waals surface area (Å²) in [6.45, 7) is 3.22. The molecule has 0 unspecified atom stereocenters.